The third-order valence-corrected chi connectivity index (χ3v) is 4.63. The largest absolute Gasteiger partial charge is 0.484 e. The number of halogens is 1. The molecule has 2 aromatic rings. The third kappa shape index (κ3) is 4.82. The maximum Gasteiger partial charge on any atom is 0.260 e. The van der Waals surface area contributed by atoms with Crippen LogP contribution in [-0.2, 0) is 11.3 Å². The minimum Gasteiger partial charge on any atom is -0.484 e. The van der Waals surface area contributed by atoms with Crippen molar-refractivity contribution in [1.82, 2.24) is 19.6 Å². The van der Waals surface area contributed by atoms with Crippen LogP contribution in [0.4, 0.5) is 4.39 Å². The summed E-state index contributed by atoms with van der Waals surface area (Å²) >= 11 is 0. The number of nitrogens with zero attached hydrogens (tertiary/aromatic N) is 4. The van der Waals surface area contributed by atoms with E-state index in [9.17, 15) is 9.18 Å². The highest BCUT2D eigenvalue weighted by Crippen LogP contribution is 2.11. The van der Waals surface area contributed by atoms with E-state index in [2.05, 4.69) is 23.0 Å². The minimum atomic E-state index is -0.319. The van der Waals surface area contributed by atoms with Crippen molar-refractivity contribution in [1.29, 1.82) is 0 Å². The number of hydrogen-bond acceptors (Lipinski definition) is 4. The van der Waals surface area contributed by atoms with Crippen molar-refractivity contribution in [3.63, 3.8) is 0 Å². The topological polar surface area (TPSA) is 50.6 Å². The first-order valence-corrected chi connectivity index (χ1v) is 8.91. The second-order valence-electron chi connectivity index (χ2n) is 6.62. The van der Waals surface area contributed by atoms with Crippen molar-refractivity contribution in [2.45, 2.75) is 20.4 Å². The van der Waals surface area contributed by atoms with Crippen LogP contribution in [-0.4, -0.2) is 64.8 Å². The van der Waals surface area contributed by atoms with E-state index in [1.54, 1.807) is 0 Å². The second kappa shape index (κ2) is 8.31. The molecule has 1 aliphatic rings. The van der Waals surface area contributed by atoms with Crippen LogP contribution < -0.4 is 4.74 Å². The lowest BCUT2D eigenvalue weighted by Gasteiger charge is -2.34. The predicted molar refractivity (Wildman–Crippen MR) is 96.6 cm³/mol. The summed E-state index contributed by atoms with van der Waals surface area (Å²) < 4.78 is 20.3. The molecule has 0 radical (unpaired) electrons. The van der Waals surface area contributed by atoms with Gasteiger partial charge in [-0.05, 0) is 44.2 Å². The van der Waals surface area contributed by atoms with E-state index in [-0.39, 0.29) is 18.3 Å². The summed E-state index contributed by atoms with van der Waals surface area (Å²) in [6, 6.07) is 7.78. The zero-order chi connectivity index (χ0) is 18.5. The molecule has 1 aliphatic heterocycles. The molecule has 1 aromatic heterocycles. The van der Waals surface area contributed by atoms with E-state index < -0.39 is 0 Å². The van der Waals surface area contributed by atoms with Crippen LogP contribution in [0.3, 0.4) is 0 Å². The first-order chi connectivity index (χ1) is 12.5. The first kappa shape index (κ1) is 18.4. The molecular formula is C19H25FN4O2. The van der Waals surface area contributed by atoms with Gasteiger partial charge in [0.15, 0.2) is 6.61 Å². The molecule has 0 atom stereocenters. The number of hydrogen-bond donors (Lipinski definition) is 0. The quantitative estimate of drug-likeness (QED) is 0.789. The van der Waals surface area contributed by atoms with E-state index in [1.165, 1.54) is 30.0 Å². The maximum absolute atomic E-state index is 12.9. The molecule has 0 N–H and O–H groups in total. The molecule has 0 saturated carbocycles. The lowest BCUT2D eigenvalue weighted by molar-refractivity contribution is -0.135. The van der Waals surface area contributed by atoms with Gasteiger partial charge < -0.3 is 9.64 Å². The number of aromatic nitrogens is 2. The Bertz CT molecular complexity index is 736. The van der Waals surface area contributed by atoms with Crippen LogP contribution in [0, 0.1) is 19.7 Å². The Morgan fingerprint density at radius 2 is 1.81 bits per heavy atom. The number of carbonyl (C=O) groups excluding carboxylic acids is 1. The van der Waals surface area contributed by atoms with Crippen LogP contribution in [0.5, 0.6) is 5.75 Å². The van der Waals surface area contributed by atoms with Gasteiger partial charge in [0.2, 0.25) is 0 Å². The minimum absolute atomic E-state index is 0.0165. The summed E-state index contributed by atoms with van der Waals surface area (Å²) in [7, 11) is 0. The lowest BCUT2D eigenvalue weighted by atomic mass is 10.3. The third-order valence-electron chi connectivity index (χ3n) is 4.63. The average molecular weight is 360 g/mol. The summed E-state index contributed by atoms with van der Waals surface area (Å²) in [5, 5.41) is 4.48. The van der Waals surface area contributed by atoms with Gasteiger partial charge in [0.05, 0.1) is 12.2 Å². The van der Waals surface area contributed by atoms with Crippen LogP contribution >= 0.6 is 0 Å². The Morgan fingerprint density at radius 3 is 2.42 bits per heavy atom. The van der Waals surface area contributed by atoms with Crippen molar-refractivity contribution in [2.24, 2.45) is 0 Å². The van der Waals surface area contributed by atoms with Crippen LogP contribution in [0.2, 0.25) is 0 Å². The highest BCUT2D eigenvalue weighted by molar-refractivity contribution is 5.77. The molecule has 2 heterocycles. The summed E-state index contributed by atoms with van der Waals surface area (Å²) in [6.07, 6.45) is 0. The van der Waals surface area contributed by atoms with E-state index >= 15 is 0 Å². The number of amides is 1. The molecule has 1 aromatic carbocycles. The van der Waals surface area contributed by atoms with E-state index in [4.69, 9.17) is 4.74 Å². The number of ether oxygens (including phenoxy) is 1. The highest BCUT2D eigenvalue weighted by atomic mass is 19.1. The second-order valence-corrected chi connectivity index (χ2v) is 6.62. The van der Waals surface area contributed by atoms with Crippen molar-refractivity contribution < 1.29 is 13.9 Å². The highest BCUT2D eigenvalue weighted by Gasteiger charge is 2.21. The molecule has 26 heavy (non-hydrogen) atoms. The molecule has 0 unspecified atom stereocenters. The normalized spacial score (nSPS) is 15.3. The smallest absolute Gasteiger partial charge is 0.260 e. The molecule has 0 bridgehead atoms. The first-order valence-electron chi connectivity index (χ1n) is 8.91. The van der Waals surface area contributed by atoms with Crippen molar-refractivity contribution >= 4 is 5.91 Å². The molecule has 140 valence electrons. The molecular weight excluding hydrogens is 335 g/mol. The van der Waals surface area contributed by atoms with E-state index in [0.29, 0.717) is 18.8 Å². The molecule has 1 fully saturated rings. The van der Waals surface area contributed by atoms with Crippen LogP contribution in [0.25, 0.3) is 0 Å². The summed E-state index contributed by atoms with van der Waals surface area (Å²) in [6.45, 7) is 8.93. The Balaban J connectivity index is 1.39. The molecule has 7 heteroatoms. The maximum atomic E-state index is 12.9. The van der Waals surface area contributed by atoms with Crippen LogP contribution in [0.15, 0.2) is 30.3 Å². The average Bonchev–Trinajstić information content (AvgIpc) is 2.97. The van der Waals surface area contributed by atoms with Crippen molar-refractivity contribution in [3.8, 4) is 5.75 Å². The predicted octanol–water partition coefficient (Wildman–Crippen LogP) is 1.86. The molecule has 3 rings (SSSR count). The zero-order valence-corrected chi connectivity index (χ0v) is 15.3. The number of rotatable bonds is 6. The number of aryl methyl sites for hydroxylation is 2. The fourth-order valence-electron chi connectivity index (χ4n) is 3.13. The van der Waals surface area contributed by atoms with E-state index in [1.807, 2.05) is 16.5 Å². The van der Waals surface area contributed by atoms with Gasteiger partial charge in [0.25, 0.3) is 5.91 Å². The number of carbonyl (C=O) groups is 1. The SMILES string of the molecule is Cc1cc(C)n(CCN2CCN(C(=O)COc3ccc(F)cc3)CC2)n1. The summed E-state index contributed by atoms with van der Waals surface area (Å²) in [5.74, 6) is 0.149. The fraction of sp³-hybridized carbons (Fsp3) is 0.474. The van der Waals surface area contributed by atoms with Crippen LogP contribution in [0.1, 0.15) is 11.4 Å². The zero-order valence-electron chi connectivity index (χ0n) is 15.3. The number of benzene rings is 1. The van der Waals surface area contributed by atoms with Crippen molar-refractivity contribution in [3.05, 3.63) is 47.5 Å². The molecule has 0 spiro atoms. The summed E-state index contributed by atoms with van der Waals surface area (Å²) in [4.78, 5) is 16.4. The summed E-state index contributed by atoms with van der Waals surface area (Å²) in [5.41, 5.74) is 2.22. The van der Waals surface area contributed by atoms with Gasteiger partial charge in [-0.25, -0.2) is 4.39 Å². The molecule has 0 aliphatic carbocycles. The van der Waals surface area contributed by atoms with Gasteiger partial charge in [-0.15, -0.1) is 0 Å². The Hall–Kier alpha value is -2.41. The van der Waals surface area contributed by atoms with E-state index in [0.717, 1.165) is 31.9 Å². The Kier molecular flexibility index (Phi) is 5.88. The number of piperazine rings is 1. The fourth-order valence-corrected chi connectivity index (χ4v) is 3.13. The Labute approximate surface area is 153 Å². The molecule has 1 saturated heterocycles. The van der Waals surface area contributed by atoms with Crippen molar-refractivity contribution in [2.75, 3.05) is 39.3 Å². The van der Waals surface area contributed by atoms with Gasteiger partial charge in [-0.2, -0.15) is 5.10 Å². The molecule has 1 amide bonds. The van der Waals surface area contributed by atoms with Gasteiger partial charge in [-0.1, -0.05) is 0 Å². The van der Waals surface area contributed by atoms with Gasteiger partial charge in [0, 0.05) is 38.4 Å². The monoisotopic (exact) mass is 360 g/mol. The molecule has 6 nitrogen and oxygen atoms in total. The Morgan fingerprint density at radius 1 is 1.12 bits per heavy atom. The van der Waals surface area contributed by atoms with Gasteiger partial charge in [0.1, 0.15) is 11.6 Å². The van der Waals surface area contributed by atoms with Gasteiger partial charge in [-0.3, -0.25) is 14.4 Å². The standard InChI is InChI=1S/C19H25FN4O2/c1-15-13-16(2)24(21-15)12-9-22-7-10-23(11-8-22)19(25)14-26-18-5-3-17(20)4-6-18/h3-6,13H,7-12,14H2,1-2H3. The van der Waals surface area contributed by atoms with Gasteiger partial charge >= 0.3 is 0 Å². The lowest BCUT2D eigenvalue weighted by Crippen LogP contribution is -2.50.